The lowest BCUT2D eigenvalue weighted by Crippen LogP contribution is -2.06. The van der Waals surface area contributed by atoms with Crippen LogP contribution in [-0.4, -0.2) is 13.4 Å². The summed E-state index contributed by atoms with van der Waals surface area (Å²) in [6.07, 6.45) is 1.23. The van der Waals surface area contributed by atoms with Gasteiger partial charge in [-0.1, -0.05) is 41.9 Å². The van der Waals surface area contributed by atoms with Crippen molar-refractivity contribution in [2.24, 2.45) is 0 Å². The van der Waals surface area contributed by atoms with E-state index < -0.39 is 21.5 Å². The number of rotatable bonds is 3. The van der Waals surface area contributed by atoms with Crippen molar-refractivity contribution in [3.05, 3.63) is 89.6 Å². The largest absolute Gasteiger partial charge is 0.255 e. The minimum Gasteiger partial charge on any atom is -0.255 e. The van der Waals surface area contributed by atoms with Gasteiger partial charge in [0, 0.05) is 22.2 Å². The third-order valence-corrected chi connectivity index (χ3v) is 6.27. The fourth-order valence-corrected chi connectivity index (χ4v) is 4.83. The lowest BCUT2D eigenvalue weighted by atomic mass is 10.0. The number of nitrogens with zero attached hydrogens (tertiary/aromatic N) is 1. The highest BCUT2D eigenvalue weighted by Gasteiger charge is 2.25. The standard InChI is InChI=1S/C21H12ClF2NO2S/c22-14-9-16(24)11-17(10-14)28(26,27)20-12-25-19-4-2-1-3-18(19)21(20)13-5-7-15(23)8-6-13/h1-12H. The van der Waals surface area contributed by atoms with E-state index in [2.05, 4.69) is 4.98 Å². The van der Waals surface area contributed by atoms with E-state index in [-0.39, 0.29) is 14.8 Å². The molecule has 4 rings (SSSR count). The first-order chi connectivity index (χ1) is 13.4. The molecule has 140 valence electrons. The Kier molecular flexibility index (Phi) is 4.61. The molecule has 0 saturated heterocycles. The van der Waals surface area contributed by atoms with Gasteiger partial charge >= 0.3 is 0 Å². The Bertz CT molecular complexity index is 1290. The van der Waals surface area contributed by atoms with Gasteiger partial charge in [-0.15, -0.1) is 0 Å². The summed E-state index contributed by atoms with van der Waals surface area (Å²) in [6, 6.07) is 15.6. The van der Waals surface area contributed by atoms with Crippen molar-refractivity contribution < 1.29 is 17.2 Å². The van der Waals surface area contributed by atoms with Crippen LogP contribution in [-0.2, 0) is 9.84 Å². The van der Waals surface area contributed by atoms with Crippen molar-refractivity contribution in [3.8, 4) is 11.1 Å². The van der Waals surface area contributed by atoms with Crippen LogP contribution < -0.4 is 0 Å². The van der Waals surface area contributed by atoms with Gasteiger partial charge in [-0.05, 0) is 42.0 Å². The molecule has 0 bridgehead atoms. The molecule has 7 heteroatoms. The third-order valence-electron chi connectivity index (χ3n) is 4.31. The van der Waals surface area contributed by atoms with Gasteiger partial charge in [0.25, 0.3) is 0 Å². The highest BCUT2D eigenvalue weighted by Crippen LogP contribution is 2.37. The molecular weight excluding hydrogens is 404 g/mol. The molecule has 28 heavy (non-hydrogen) atoms. The van der Waals surface area contributed by atoms with Gasteiger partial charge < -0.3 is 0 Å². The second-order valence-electron chi connectivity index (χ2n) is 6.13. The van der Waals surface area contributed by atoms with Gasteiger partial charge in [-0.3, -0.25) is 4.98 Å². The summed E-state index contributed by atoms with van der Waals surface area (Å²) in [5.41, 5.74) is 1.45. The first-order valence-corrected chi connectivity index (χ1v) is 10.1. The molecule has 0 radical (unpaired) electrons. The maximum absolute atomic E-state index is 13.8. The van der Waals surface area contributed by atoms with Crippen LogP contribution >= 0.6 is 11.6 Å². The van der Waals surface area contributed by atoms with Crippen molar-refractivity contribution in [1.82, 2.24) is 4.98 Å². The van der Waals surface area contributed by atoms with E-state index in [9.17, 15) is 17.2 Å². The van der Waals surface area contributed by atoms with Crippen LogP contribution in [0, 0.1) is 11.6 Å². The Morgan fingerprint density at radius 2 is 1.57 bits per heavy atom. The maximum Gasteiger partial charge on any atom is 0.208 e. The van der Waals surface area contributed by atoms with Gasteiger partial charge in [0.1, 0.15) is 11.6 Å². The van der Waals surface area contributed by atoms with Crippen molar-refractivity contribution in [3.63, 3.8) is 0 Å². The van der Waals surface area contributed by atoms with E-state index >= 15 is 0 Å². The van der Waals surface area contributed by atoms with Crippen molar-refractivity contribution >= 4 is 32.3 Å². The van der Waals surface area contributed by atoms with E-state index in [1.807, 2.05) is 0 Å². The van der Waals surface area contributed by atoms with Gasteiger partial charge in [-0.2, -0.15) is 0 Å². The molecule has 1 aromatic heterocycles. The summed E-state index contributed by atoms with van der Waals surface area (Å²) < 4.78 is 53.8. The summed E-state index contributed by atoms with van der Waals surface area (Å²) in [5.74, 6) is -1.20. The number of aromatic nitrogens is 1. The highest BCUT2D eigenvalue weighted by molar-refractivity contribution is 7.91. The molecule has 1 heterocycles. The SMILES string of the molecule is O=S(=O)(c1cc(F)cc(Cl)c1)c1cnc2ccccc2c1-c1ccc(F)cc1. The molecule has 0 spiro atoms. The zero-order valence-corrected chi connectivity index (χ0v) is 15.8. The predicted octanol–water partition coefficient (Wildman–Crippen LogP) is 5.67. The van der Waals surface area contributed by atoms with E-state index in [0.717, 1.165) is 12.1 Å². The lowest BCUT2D eigenvalue weighted by molar-refractivity contribution is 0.591. The molecule has 4 aromatic rings. The molecule has 0 saturated carbocycles. The first kappa shape index (κ1) is 18.5. The summed E-state index contributed by atoms with van der Waals surface area (Å²) >= 11 is 5.85. The smallest absolute Gasteiger partial charge is 0.208 e. The second-order valence-corrected chi connectivity index (χ2v) is 8.48. The summed E-state index contributed by atoms with van der Waals surface area (Å²) in [4.78, 5) is 3.85. The van der Waals surface area contributed by atoms with Crippen molar-refractivity contribution in [2.75, 3.05) is 0 Å². The van der Waals surface area contributed by atoms with Gasteiger partial charge in [-0.25, -0.2) is 17.2 Å². The van der Waals surface area contributed by atoms with Crippen LogP contribution in [0.1, 0.15) is 0 Å². The molecule has 3 nitrogen and oxygen atoms in total. The minimum absolute atomic E-state index is 0.0318. The fourth-order valence-electron chi connectivity index (χ4n) is 3.05. The number of hydrogen-bond donors (Lipinski definition) is 0. The number of pyridine rings is 1. The Hall–Kier alpha value is -2.83. The number of fused-ring (bicyclic) bond motifs is 1. The Balaban J connectivity index is 2.07. The van der Waals surface area contributed by atoms with E-state index in [4.69, 9.17) is 11.6 Å². The second kappa shape index (κ2) is 6.96. The molecular formula is C21H12ClF2NO2S. The Labute approximate surface area is 165 Å². The number of hydrogen-bond acceptors (Lipinski definition) is 3. The van der Waals surface area contributed by atoms with Crippen LogP contribution in [0.4, 0.5) is 8.78 Å². The number of sulfone groups is 1. The zero-order valence-electron chi connectivity index (χ0n) is 14.2. The zero-order chi connectivity index (χ0) is 19.9. The number of halogens is 3. The van der Waals surface area contributed by atoms with E-state index in [1.165, 1.54) is 36.5 Å². The average molecular weight is 416 g/mol. The summed E-state index contributed by atoms with van der Waals surface area (Å²) in [7, 11) is -4.15. The van der Waals surface area contributed by atoms with Crippen LogP contribution in [0.25, 0.3) is 22.0 Å². The maximum atomic E-state index is 13.8. The van der Waals surface area contributed by atoms with Crippen LogP contribution in [0.3, 0.4) is 0 Å². The molecule has 3 aromatic carbocycles. The Morgan fingerprint density at radius 3 is 2.29 bits per heavy atom. The van der Waals surface area contributed by atoms with Gasteiger partial charge in [0.15, 0.2) is 0 Å². The normalized spacial score (nSPS) is 11.7. The molecule has 0 aliphatic carbocycles. The molecule has 0 amide bonds. The molecule has 0 atom stereocenters. The number of benzene rings is 3. The molecule has 0 aliphatic heterocycles. The molecule has 0 N–H and O–H groups in total. The van der Waals surface area contributed by atoms with E-state index in [1.54, 1.807) is 24.3 Å². The molecule has 0 fully saturated rings. The van der Waals surface area contributed by atoms with Gasteiger partial charge in [0.2, 0.25) is 9.84 Å². The quantitative estimate of drug-likeness (QED) is 0.433. The van der Waals surface area contributed by atoms with Crippen LogP contribution in [0.15, 0.2) is 82.7 Å². The van der Waals surface area contributed by atoms with Crippen LogP contribution in [0.5, 0.6) is 0 Å². The van der Waals surface area contributed by atoms with Crippen molar-refractivity contribution in [1.29, 1.82) is 0 Å². The third kappa shape index (κ3) is 3.25. The average Bonchev–Trinajstić information content (AvgIpc) is 2.67. The fraction of sp³-hybridized carbons (Fsp3) is 0. The van der Waals surface area contributed by atoms with Crippen LogP contribution in [0.2, 0.25) is 5.02 Å². The predicted molar refractivity (Wildman–Crippen MR) is 104 cm³/mol. The summed E-state index contributed by atoms with van der Waals surface area (Å²) in [5, 5.41) is 0.549. The summed E-state index contributed by atoms with van der Waals surface area (Å²) in [6.45, 7) is 0. The number of para-hydroxylation sites is 1. The monoisotopic (exact) mass is 415 g/mol. The minimum atomic E-state index is -4.15. The Morgan fingerprint density at radius 1 is 0.857 bits per heavy atom. The van der Waals surface area contributed by atoms with E-state index in [0.29, 0.717) is 22.0 Å². The lowest BCUT2D eigenvalue weighted by Gasteiger charge is -2.14. The molecule has 0 aliphatic rings. The van der Waals surface area contributed by atoms with Crippen molar-refractivity contribution in [2.45, 2.75) is 9.79 Å². The first-order valence-electron chi connectivity index (χ1n) is 8.21. The molecule has 0 unspecified atom stereocenters. The van der Waals surface area contributed by atoms with Gasteiger partial charge in [0.05, 0.1) is 15.3 Å². The highest BCUT2D eigenvalue weighted by atomic mass is 35.5. The topological polar surface area (TPSA) is 47.0 Å².